The van der Waals surface area contributed by atoms with Crippen molar-refractivity contribution in [2.24, 2.45) is 11.3 Å². The van der Waals surface area contributed by atoms with E-state index in [1.807, 2.05) is 32.0 Å². The van der Waals surface area contributed by atoms with Gasteiger partial charge in [0.15, 0.2) is 0 Å². The summed E-state index contributed by atoms with van der Waals surface area (Å²) < 4.78 is 5.89. The van der Waals surface area contributed by atoms with Crippen LogP contribution < -0.4 is 0 Å². The number of rotatable bonds is 19. The first-order chi connectivity index (χ1) is 15.0. The molecule has 2 nitrogen and oxygen atoms in total. The molecule has 0 saturated carbocycles. The van der Waals surface area contributed by atoms with Gasteiger partial charge in [0.1, 0.15) is 0 Å². The van der Waals surface area contributed by atoms with Gasteiger partial charge in [0.25, 0.3) is 0 Å². The number of esters is 1. The number of unbranched alkanes of at least 4 members (excludes halogenated alkanes) is 10. The van der Waals surface area contributed by atoms with Gasteiger partial charge in [0.2, 0.25) is 0 Å². The number of carbonyl (C=O) groups is 1. The highest BCUT2D eigenvalue weighted by molar-refractivity contribution is 5.76. The van der Waals surface area contributed by atoms with Crippen LogP contribution in [0.4, 0.5) is 0 Å². The molecule has 178 valence electrons. The van der Waals surface area contributed by atoms with E-state index in [-0.39, 0.29) is 5.97 Å². The first-order valence-corrected chi connectivity index (χ1v) is 13.2. The van der Waals surface area contributed by atoms with E-state index >= 15 is 0 Å². The van der Waals surface area contributed by atoms with Crippen molar-refractivity contribution in [1.82, 2.24) is 0 Å². The molecule has 1 aromatic rings. The van der Waals surface area contributed by atoms with Crippen LogP contribution in [-0.2, 0) is 16.0 Å². The van der Waals surface area contributed by atoms with Crippen molar-refractivity contribution in [2.45, 2.75) is 124 Å². The average molecular weight is 431 g/mol. The lowest BCUT2D eigenvalue weighted by molar-refractivity contribution is -0.155. The highest BCUT2D eigenvalue weighted by Crippen LogP contribution is 2.26. The van der Waals surface area contributed by atoms with Crippen LogP contribution in [0.3, 0.4) is 0 Å². The molecule has 1 atom stereocenters. The number of carbonyl (C=O) groups excluding carboxylic acids is 1. The Labute approximate surface area is 193 Å². The molecule has 0 bridgehead atoms. The maximum Gasteiger partial charge on any atom is 0.311 e. The van der Waals surface area contributed by atoms with Crippen molar-refractivity contribution in [2.75, 3.05) is 6.61 Å². The molecule has 0 radical (unpaired) electrons. The smallest absolute Gasteiger partial charge is 0.311 e. The van der Waals surface area contributed by atoms with Crippen molar-refractivity contribution in [3.05, 3.63) is 35.9 Å². The predicted molar refractivity (Wildman–Crippen MR) is 134 cm³/mol. The molecule has 0 aromatic heterocycles. The van der Waals surface area contributed by atoms with Crippen molar-refractivity contribution in [3.63, 3.8) is 0 Å². The van der Waals surface area contributed by atoms with E-state index in [0.717, 1.165) is 6.42 Å². The molecule has 0 spiro atoms. The molecule has 2 heteroatoms. The van der Waals surface area contributed by atoms with Gasteiger partial charge in [0.05, 0.1) is 12.0 Å². The largest absolute Gasteiger partial charge is 0.465 e. The topological polar surface area (TPSA) is 26.3 Å². The lowest BCUT2D eigenvalue weighted by atomic mass is 9.86. The second-order valence-electron chi connectivity index (χ2n) is 10.1. The Balaban J connectivity index is 2.43. The summed E-state index contributed by atoms with van der Waals surface area (Å²) in [5.74, 6) is 0.473. The van der Waals surface area contributed by atoms with E-state index in [4.69, 9.17) is 4.74 Å². The van der Waals surface area contributed by atoms with Crippen LogP contribution in [0.25, 0.3) is 0 Å². The van der Waals surface area contributed by atoms with Crippen LogP contribution in [0.2, 0.25) is 0 Å². The summed E-state index contributed by atoms with van der Waals surface area (Å²) in [6.07, 6.45) is 19.1. The molecule has 1 rings (SSSR count). The zero-order chi connectivity index (χ0) is 22.8. The van der Waals surface area contributed by atoms with Crippen molar-refractivity contribution in [1.29, 1.82) is 0 Å². The maximum atomic E-state index is 12.8. The molecule has 0 heterocycles. The second-order valence-corrected chi connectivity index (χ2v) is 10.1. The molecule has 1 unspecified atom stereocenters. The van der Waals surface area contributed by atoms with Gasteiger partial charge in [0, 0.05) is 0 Å². The number of benzene rings is 1. The third kappa shape index (κ3) is 13.7. The Kier molecular flexibility index (Phi) is 15.4. The number of ether oxygens (including phenoxy) is 1. The fraction of sp³-hybridized carbons (Fsp3) is 0.759. The Hall–Kier alpha value is -1.31. The lowest BCUT2D eigenvalue weighted by Crippen LogP contribution is -2.30. The Morgan fingerprint density at radius 2 is 1.26 bits per heavy atom. The first-order valence-electron chi connectivity index (χ1n) is 13.2. The fourth-order valence-corrected chi connectivity index (χ4v) is 4.30. The summed E-state index contributed by atoms with van der Waals surface area (Å²) >= 11 is 0. The predicted octanol–water partition coefficient (Wildman–Crippen LogP) is 8.92. The zero-order valence-corrected chi connectivity index (χ0v) is 21.1. The van der Waals surface area contributed by atoms with Gasteiger partial charge in [-0.3, -0.25) is 4.79 Å². The molecule has 0 aliphatic rings. The van der Waals surface area contributed by atoms with Gasteiger partial charge in [-0.1, -0.05) is 121 Å². The summed E-state index contributed by atoms with van der Waals surface area (Å²) in [4.78, 5) is 12.8. The lowest BCUT2D eigenvalue weighted by Gasteiger charge is -2.25. The minimum absolute atomic E-state index is 0.0492. The molecular weight excluding hydrogens is 380 g/mol. The minimum atomic E-state index is -0.480. The molecule has 0 saturated heterocycles. The highest BCUT2D eigenvalue weighted by atomic mass is 16.5. The van der Waals surface area contributed by atoms with Crippen molar-refractivity contribution < 1.29 is 9.53 Å². The van der Waals surface area contributed by atoms with Gasteiger partial charge in [-0.25, -0.2) is 0 Å². The highest BCUT2D eigenvalue weighted by Gasteiger charge is 2.30. The summed E-state index contributed by atoms with van der Waals surface area (Å²) in [5.41, 5.74) is 0.715. The molecule has 31 heavy (non-hydrogen) atoms. The Bertz CT molecular complexity index is 549. The van der Waals surface area contributed by atoms with E-state index in [1.165, 1.54) is 95.5 Å². The summed E-state index contributed by atoms with van der Waals surface area (Å²) in [6, 6.07) is 10.3. The van der Waals surface area contributed by atoms with Crippen LogP contribution in [0.15, 0.2) is 30.3 Å². The first kappa shape index (κ1) is 27.7. The van der Waals surface area contributed by atoms with Crippen LogP contribution in [0.1, 0.15) is 123 Å². The Morgan fingerprint density at radius 3 is 1.77 bits per heavy atom. The summed E-state index contributed by atoms with van der Waals surface area (Å²) in [5, 5.41) is 0. The zero-order valence-electron chi connectivity index (χ0n) is 21.1. The minimum Gasteiger partial charge on any atom is -0.465 e. The van der Waals surface area contributed by atoms with E-state index in [2.05, 4.69) is 26.0 Å². The maximum absolute atomic E-state index is 12.8. The van der Waals surface area contributed by atoms with Crippen LogP contribution in [-0.4, -0.2) is 12.6 Å². The van der Waals surface area contributed by atoms with Gasteiger partial charge < -0.3 is 4.74 Å². The molecular formula is C29H50O2. The Morgan fingerprint density at radius 1 is 0.774 bits per heavy atom. The number of hydrogen-bond donors (Lipinski definition) is 0. The second kappa shape index (κ2) is 17.3. The van der Waals surface area contributed by atoms with E-state index in [1.54, 1.807) is 0 Å². The summed E-state index contributed by atoms with van der Waals surface area (Å²) in [7, 11) is 0. The molecule has 0 aliphatic carbocycles. The van der Waals surface area contributed by atoms with Crippen LogP contribution in [0.5, 0.6) is 0 Å². The molecule has 0 amide bonds. The van der Waals surface area contributed by atoms with Gasteiger partial charge in [-0.15, -0.1) is 0 Å². The average Bonchev–Trinajstić information content (AvgIpc) is 2.76. The van der Waals surface area contributed by atoms with E-state index in [9.17, 15) is 4.79 Å². The standard InChI is InChI=1S/C29H50O2/c1-5-7-9-11-12-14-17-23-27(22-16-13-10-8-6-2)25-31-28(30)29(3,4)24-26-20-18-15-19-21-26/h15,18-21,27H,5-14,16-17,22-25H2,1-4H3. The molecule has 0 aliphatic heterocycles. The van der Waals surface area contributed by atoms with Crippen molar-refractivity contribution in [3.8, 4) is 0 Å². The van der Waals surface area contributed by atoms with Gasteiger partial charge in [-0.2, -0.15) is 0 Å². The summed E-state index contributed by atoms with van der Waals surface area (Å²) in [6.45, 7) is 9.16. The van der Waals surface area contributed by atoms with Crippen LogP contribution in [0, 0.1) is 11.3 Å². The monoisotopic (exact) mass is 430 g/mol. The molecule has 0 N–H and O–H groups in total. The normalized spacial score (nSPS) is 12.6. The van der Waals surface area contributed by atoms with Crippen molar-refractivity contribution >= 4 is 5.97 Å². The van der Waals surface area contributed by atoms with E-state index < -0.39 is 5.41 Å². The van der Waals surface area contributed by atoms with Crippen LogP contribution >= 0.6 is 0 Å². The SMILES string of the molecule is CCCCCCCCCC(CCCCCCC)COC(=O)C(C)(C)Cc1ccccc1. The van der Waals surface area contributed by atoms with Gasteiger partial charge in [-0.05, 0) is 44.6 Å². The number of hydrogen-bond acceptors (Lipinski definition) is 2. The fourth-order valence-electron chi connectivity index (χ4n) is 4.30. The van der Waals surface area contributed by atoms with E-state index in [0.29, 0.717) is 12.5 Å². The molecule has 0 fully saturated rings. The molecule has 1 aromatic carbocycles. The quantitative estimate of drug-likeness (QED) is 0.162. The van der Waals surface area contributed by atoms with Gasteiger partial charge >= 0.3 is 5.97 Å². The third-order valence-electron chi connectivity index (χ3n) is 6.42. The third-order valence-corrected chi connectivity index (χ3v) is 6.42.